The highest BCUT2D eigenvalue weighted by atomic mass is 32.2. The Balaban J connectivity index is 1.71. The van der Waals surface area contributed by atoms with E-state index < -0.39 is 22.1 Å². The normalized spacial score (nSPS) is 12.0. The molecule has 0 spiro atoms. The number of halogens is 3. The van der Waals surface area contributed by atoms with Crippen LogP contribution in [0, 0.1) is 6.92 Å². The topological polar surface area (TPSA) is 73.2 Å². The Morgan fingerprint density at radius 2 is 1.75 bits per heavy atom. The van der Waals surface area contributed by atoms with Gasteiger partial charge in [0.15, 0.2) is 0 Å². The van der Waals surface area contributed by atoms with E-state index in [4.69, 9.17) is 0 Å². The Morgan fingerprint density at radius 1 is 1.03 bits per heavy atom. The van der Waals surface area contributed by atoms with E-state index in [1.165, 1.54) is 16.0 Å². The molecule has 0 aliphatic rings. The summed E-state index contributed by atoms with van der Waals surface area (Å²) in [4.78, 5) is 0.633. The SMILES string of the molecule is Cc1ccccc1-n1nc(-c2cccs2)cc1NS(=O)(=O)c1ccc(OC(F)(F)F)cc1. The van der Waals surface area contributed by atoms with E-state index >= 15 is 0 Å². The molecule has 2 heterocycles. The number of anilines is 1. The van der Waals surface area contributed by atoms with Crippen LogP contribution in [-0.2, 0) is 10.0 Å². The van der Waals surface area contributed by atoms with Gasteiger partial charge in [0.25, 0.3) is 10.0 Å². The van der Waals surface area contributed by atoms with E-state index in [-0.39, 0.29) is 10.7 Å². The van der Waals surface area contributed by atoms with Gasteiger partial charge in [0.1, 0.15) is 17.3 Å². The molecule has 4 aromatic rings. The summed E-state index contributed by atoms with van der Waals surface area (Å²) in [6, 6.07) is 16.7. The van der Waals surface area contributed by atoms with E-state index in [0.29, 0.717) is 11.4 Å². The molecule has 2 aromatic heterocycles. The van der Waals surface area contributed by atoms with Gasteiger partial charge < -0.3 is 4.74 Å². The number of aromatic nitrogens is 2. The number of ether oxygens (including phenoxy) is 1. The van der Waals surface area contributed by atoms with Gasteiger partial charge in [0.05, 0.1) is 15.5 Å². The Kier molecular flexibility index (Phi) is 5.70. The van der Waals surface area contributed by atoms with Crippen LogP contribution in [-0.4, -0.2) is 24.6 Å². The van der Waals surface area contributed by atoms with Gasteiger partial charge >= 0.3 is 6.36 Å². The quantitative estimate of drug-likeness (QED) is 0.390. The van der Waals surface area contributed by atoms with Crippen LogP contribution in [0.1, 0.15) is 5.56 Å². The zero-order chi connectivity index (χ0) is 22.9. The molecule has 0 unspecified atom stereocenters. The number of sulfonamides is 1. The van der Waals surface area contributed by atoms with Crippen molar-refractivity contribution in [2.24, 2.45) is 0 Å². The molecule has 2 aromatic carbocycles. The predicted molar refractivity (Wildman–Crippen MR) is 116 cm³/mol. The van der Waals surface area contributed by atoms with Crippen LogP contribution in [0.5, 0.6) is 5.75 Å². The molecule has 1 N–H and O–H groups in total. The van der Waals surface area contributed by atoms with Crippen LogP contribution < -0.4 is 9.46 Å². The maximum Gasteiger partial charge on any atom is 0.573 e. The summed E-state index contributed by atoms with van der Waals surface area (Å²) in [5.74, 6) is -0.320. The van der Waals surface area contributed by atoms with Crippen molar-refractivity contribution < 1.29 is 26.3 Å². The molecule has 0 aliphatic carbocycles. The number of thiophene rings is 1. The first-order valence-corrected chi connectivity index (χ1v) is 11.6. The molecule has 0 amide bonds. The number of nitrogens with zero attached hydrogens (tertiary/aromatic N) is 2. The minimum atomic E-state index is -4.86. The molecular formula is C21H16F3N3O3S2. The lowest BCUT2D eigenvalue weighted by molar-refractivity contribution is -0.274. The summed E-state index contributed by atoms with van der Waals surface area (Å²) in [7, 11) is -4.12. The lowest BCUT2D eigenvalue weighted by Crippen LogP contribution is -2.18. The van der Waals surface area contributed by atoms with Gasteiger partial charge in [-0.1, -0.05) is 24.3 Å². The number of benzene rings is 2. The first kappa shape index (κ1) is 21.9. The maximum absolute atomic E-state index is 12.9. The van der Waals surface area contributed by atoms with Crippen molar-refractivity contribution in [1.82, 2.24) is 9.78 Å². The largest absolute Gasteiger partial charge is 0.573 e. The van der Waals surface area contributed by atoms with Crippen molar-refractivity contribution in [2.45, 2.75) is 18.2 Å². The highest BCUT2D eigenvalue weighted by Gasteiger charge is 2.31. The second-order valence-electron chi connectivity index (χ2n) is 6.72. The molecule has 0 aliphatic heterocycles. The smallest absolute Gasteiger partial charge is 0.406 e. The second kappa shape index (κ2) is 8.32. The van der Waals surface area contributed by atoms with Crippen molar-refractivity contribution >= 4 is 27.2 Å². The molecule has 0 atom stereocenters. The van der Waals surface area contributed by atoms with Crippen molar-refractivity contribution in [2.75, 3.05) is 4.72 Å². The van der Waals surface area contributed by atoms with Gasteiger partial charge in [0.2, 0.25) is 0 Å². The fourth-order valence-electron chi connectivity index (χ4n) is 3.00. The zero-order valence-corrected chi connectivity index (χ0v) is 18.1. The monoisotopic (exact) mass is 479 g/mol. The second-order valence-corrected chi connectivity index (χ2v) is 9.35. The minimum Gasteiger partial charge on any atom is -0.406 e. The first-order chi connectivity index (χ1) is 15.1. The van der Waals surface area contributed by atoms with E-state index in [0.717, 1.165) is 34.7 Å². The number of para-hydroxylation sites is 1. The predicted octanol–water partition coefficient (Wildman–Crippen LogP) is 5.61. The molecule has 0 saturated carbocycles. The third-order valence-corrected chi connectivity index (χ3v) is 6.70. The van der Waals surface area contributed by atoms with Crippen molar-refractivity contribution in [1.29, 1.82) is 0 Å². The zero-order valence-electron chi connectivity index (χ0n) is 16.5. The van der Waals surface area contributed by atoms with Crippen LogP contribution >= 0.6 is 11.3 Å². The van der Waals surface area contributed by atoms with Crippen molar-refractivity contribution in [3.63, 3.8) is 0 Å². The molecule has 6 nitrogen and oxygen atoms in total. The average molecular weight is 480 g/mol. The van der Waals surface area contributed by atoms with Gasteiger partial charge in [-0.2, -0.15) is 5.10 Å². The van der Waals surface area contributed by atoms with Gasteiger partial charge in [-0.3, -0.25) is 4.72 Å². The summed E-state index contributed by atoms with van der Waals surface area (Å²) in [6.07, 6.45) is -4.86. The lowest BCUT2D eigenvalue weighted by atomic mass is 10.2. The average Bonchev–Trinajstić information content (AvgIpc) is 3.37. The number of nitrogens with one attached hydrogen (secondary N) is 1. The summed E-state index contributed by atoms with van der Waals surface area (Å²) in [5, 5.41) is 6.46. The molecule has 32 heavy (non-hydrogen) atoms. The summed E-state index contributed by atoms with van der Waals surface area (Å²) >= 11 is 1.46. The number of aryl methyl sites for hydroxylation is 1. The van der Waals surface area contributed by atoms with Crippen LogP contribution in [0.2, 0.25) is 0 Å². The standard InChI is InChI=1S/C21H16F3N3O3S2/c1-14-5-2-3-6-18(14)27-20(13-17(25-27)19-7-4-12-31-19)26-32(28,29)16-10-8-15(9-11-16)30-21(22,23)24/h2-13,26H,1H3. The first-order valence-electron chi connectivity index (χ1n) is 9.21. The van der Waals surface area contributed by atoms with Gasteiger partial charge in [-0.15, -0.1) is 24.5 Å². The van der Waals surface area contributed by atoms with E-state index in [1.807, 2.05) is 48.7 Å². The summed E-state index contributed by atoms with van der Waals surface area (Å²) in [5.41, 5.74) is 2.14. The van der Waals surface area contributed by atoms with Crippen LogP contribution in [0.15, 0.2) is 77.0 Å². The van der Waals surface area contributed by atoms with E-state index in [1.54, 1.807) is 6.07 Å². The van der Waals surface area contributed by atoms with E-state index in [2.05, 4.69) is 14.6 Å². The molecule has 166 valence electrons. The van der Waals surface area contributed by atoms with Crippen molar-refractivity contribution in [3.8, 4) is 22.0 Å². The van der Waals surface area contributed by atoms with Gasteiger partial charge in [-0.25, -0.2) is 13.1 Å². The minimum absolute atomic E-state index is 0.193. The summed E-state index contributed by atoms with van der Waals surface area (Å²) < 4.78 is 70.8. The molecule has 0 bridgehead atoms. The Morgan fingerprint density at radius 3 is 2.38 bits per heavy atom. The Labute approximate surface area is 186 Å². The third kappa shape index (κ3) is 4.78. The van der Waals surface area contributed by atoms with E-state index in [9.17, 15) is 21.6 Å². The molecule has 11 heteroatoms. The fourth-order valence-corrected chi connectivity index (χ4v) is 4.71. The molecule has 0 fully saturated rings. The Hall–Kier alpha value is -3.31. The van der Waals surface area contributed by atoms with Gasteiger partial charge in [0, 0.05) is 6.07 Å². The molecule has 0 saturated heterocycles. The lowest BCUT2D eigenvalue weighted by Gasteiger charge is -2.13. The highest BCUT2D eigenvalue weighted by Crippen LogP contribution is 2.30. The number of alkyl halides is 3. The van der Waals surface area contributed by atoms with Crippen LogP contribution in [0.3, 0.4) is 0 Å². The molecule has 0 radical (unpaired) electrons. The highest BCUT2D eigenvalue weighted by molar-refractivity contribution is 7.92. The van der Waals surface area contributed by atoms with Gasteiger partial charge in [-0.05, 0) is 54.3 Å². The van der Waals surface area contributed by atoms with Crippen LogP contribution in [0.25, 0.3) is 16.3 Å². The summed E-state index contributed by atoms with van der Waals surface area (Å²) in [6.45, 7) is 1.87. The van der Waals surface area contributed by atoms with Crippen molar-refractivity contribution in [3.05, 3.63) is 77.7 Å². The number of rotatable bonds is 6. The number of hydrogen-bond acceptors (Lipinski definition) is 5. The third-order valence-electron chi connectivity index (χ3n) is 4.43. The van der Waals surface area contributed by atoms with Crippen LogP contribution in [0.4, 0.5) is 19.0 Å². The molecule has 4 rings (SSSR count). The number of hydrogen-bond donors (Lipinski definition) is 1. The Bertz CT molecular complexity index is 1330. The maximum atomic E-state index is 12.9. The fraction of sp³-hybridized carbons (Fsp3) is 0.0952. The molecular weight excluding hydrogens is 463 g/mol.